The minimum absolute atomic E-state index is 0.0535. The molecule has 0 N–H and O–H groups in total. The maximum absolute atomic E-state index is 6.18. The first-order chi connectivity index (χ1) is 16.6. The van der Waals surface area contributed by atoms with Crippen LogP contribution in [0.25, 0.3) is 11.1 Å². The fourth-order valence-electron chi connectivity index (χ4n) is 4.57. The number of ether oxygens (including phenoxy) is 2. The summed E-state index contributed by atoms with van der Waals surface area (Å²) in [6.45, 7) is 6.03. The van der Waals surface area contributed by atoms with Crippen LogP contribution in [0.5, 0.6) is 11.5 Å². The number of fused-ring (bicyclic) bond motifs is 3. The number of halogens is 2. The Morgan fingerprint density at radius 3 is 1.41 bits per heavy atom. The zero-order valence-electron chi connectivity index (χ0n) is 20.8. The Kier molecular flexibility index (Phi) is 12.2. The monoisotopic (exact) mass is 610 g/mol. The third-order valence-corrected chi connectivity index (χ3v) is 8.39. The third kappa shape index (κ3) is 7.67. The Morgan fingerprint density at radius 1 is 0.618 bits per heavy atom. The van der Waals surface area contributed by atoms with Crippen LogP contribution in [0.4, 0.5) is 0 Å². The summed E-state index contributed by atoms with van der Waals surface area (Å²) in [5.41, 5.74) is 4.84. The molecule has 1 aliphatic carbocycles. The molecule has 0 fully saturated rings. The summed E-state index contributed by atoms with van der Waals surface area (Å²) < 4.78 is 14.4. The summed E-state index contributed by atoms with van der Waals surface area (Å²) in [6, 6.07) is 8.70. The Labute approximate surface area is 229 Å². The van der Waals surface area contributed by atoms with Crippen molar-refractivity contribution in [3.63, 3.8) is 0 Å². The van der Waals surface area contributed by atoms with Gasteiger partial charge in [0.25, 0.3) is 0 Å². The zero-order valence-corrected chi connectivity index (χ0v) is 24.9. The Hall–Kier alpha value is -0.650. The molecule has 0 heterocycles. The molecule has 188 valence electrons. The van der Waals surface area contributed by atoms with Crippen molar-refractivity contribution < 1.29 is 9.47 Å². The number of hydrogen-bond acceptors (Lipinski definition) is 3. The minimum atomic E-state index is 0.0535. The summed E-state index contributed by atoms with van der Waals surface area (Å²) in [4.78, 5) is 0. The van der Waals surface area contributed by atoms with Gasteiger partial charge in [-0.15, -0.1) is 0 Å². The van der Waals surface area contributed by atoms with Gasteiger partial charge in [-0.25, -0.2) is 0 Å². The van der Waals surface area contributed by atoms with E-state index in [2.05, 4.69) is 70.0 Å². The Bertz CT molecular complexity index is 842. The van der Waals surface area contributed by atoms with Gasteiger partial charge in [0.1, 0.15) is 11.5 Å². The van der Waals surface area contributed by atoms with Crippen molar-refractivity contribution in [1.29, 1.82) is 0 Å². The van der Waals surface area contributed by atoms with E-state index in [-0.39, 0.29) is 5.25 Å². The van der Waals surface area contributed by atoms with Crippen molar-refractivity contribution in [2.45, 2.75) is 96.1 Å². The van der Waals surface area contributed by atoms with Crippen LogP contribution in [-0.4, -0.2) is 13.2 Å². The van der Waals surface area contributed by atoms with Gasteiger partial charge in [0.2, 0.25) is 0 Å². The molecule has 0 atom stereocenters. The van der Waals surface area contributed by atoms with Crippen LogP contribution >= 0.6 is 44.5 Å². The molecular formula is C29H40Br2O2S. The van der Waals surface area contributed by atoms with E-state index in [1.54, 1.807) is 0 Å². The molecule has 0 aliphatic heterocycles. The van der Waals surface area contributed by atoms with Crippen LogP contribution in [0.1, 0.15) is 107 Å². The number of hydrogen-bond donors (Lipinski definition) is 1. The molecule has 2 aromatic rings. The van der Waals surface area contributed by atoms with Gasteiger partial charge >= 0.3 is 0 Å². The fraction of sp³-hybridized carbons (Fsp3) is 0.586. The number of unbranched alkanes of at least 4 members (excludes halogenated alkanes) is 10. The molecule has 1 aliphatic rings. The van der Waals surface area contributed by atoms with Gasteiger partial charge in [0.15, 0.2) is 0 Å². The van der Waals surface area contributed by atoms with Crippen molar-refractivity contribution in [1.82, 2.24) is 0 Å². The molecule has 0 amide bonds. The van der Waals surface area contributed by atoms with Crippen LogP contribution in [-0.2, 0) is 0 Å². The van der Waals surface area contributed by atoms with Crippen LogP contribution in [0, 0.1) is 0 Å². The lowest BCUT2D eigenvalue weighted by molar-refractivity contribution is 0.302. The van der Waals surface area contributed by atoms with E-state index >= 15 is 0 Å². The van der Waals surface area contributed by atoms with Gasteiger partial charge in [-0.3, -0.25) is 0 Å². The molecule has 5 heteroatoms. The van der Waals surface area contributed by atoms with Gasteiger partial charge in [-0.1, -0.05) is 78.1 Å². The van der Waals surface area contributed by atoms with Gasteiger partial charge in [0, 0.05) is 0 Å². The van der Waals surface area contributed by atoms with E-state index in [0.29, 0.717) is 0 Å². The van der Waals surface area contributed by atoms with Crippen molar-refractivity contribution >= 4 is 44.5 Å². The van der Waals surface area contributed by atoms with E-state index in [1.807, 2.05) is 0 Å². The Balaban J connectivity index is 1.63. The second-order valence-corrected chi connectivity index (χ2v) is 11.6. The Morgan fingerprint density at radius 2 is 1.00 bits per heavy atom. The summed E-state index contributed by atoms with van der Waals surface area (Å²) in [7, 11) is 0. The molecule has 3 rings (SSSR count). The first kappa shape index (κ1) is 27.9. The molecule has 0 radical (unpaired) electrons. The van der Waals surface area contributed by atoms with Crippen LogP contribution in [0.2, 0.25) is 0 Å². The highest BCUT2D eigenvalue weighted by Gasteiger charge is 2.29. The molecule has 0 spiro atoms. The second-order valence-electron chi connectivity index (χ2n) is 9.37. The number of benzene rings is 2. The number of thiol groups is 1. The highest BCUT2D eigenvalue weighted by molar-refractivity contribution is 9.10. The maximum atomic E-state index is 6.18. The number of rotatable bonds is 16. The molecule has 0 aromatic heterocycles. The molecule has 2 nitrogen and oxygen atoms in total. The van der Waals surface area contributed by atoms with Crippen LogP contribution in [0.15, 0.2) is 33.2 Å². The molecule has 0 bridgehead atoms. The highest BCUT2D eigenvalue weighted by Crippen LogP contribution is 2.52. The van der Waals surface area contributed by atoms with Gasteiger partial charge in [-0.2, -0.15) is 12.6 Å². The second kappa shape index (κ2) is 14.8. The first-order valence-electron chi connectivity index (χ1n) is 13.2. The van der Waals surface area contributed by atoms with Gasteiger partial charge in [-0.05, 0) is 91.2 Å². The first-order valence-corrected chi connectivity index (χ1v) is 15.3. The van der Waals surface area contributed by atoms with E-state index in [9.17, 15) is 0 Å². The van der Waals surface area contributed by atoms with Crippen molar-refractivity contribution in [3.8, 4) is 22.6 Å². The molecule has 0 unspecified atom stereocenters. The summed E-state index contributed by atoms with van der Waals surface area (Å²) in [5, 5.41) is 0.0535. The van der Waals surface area contributed by atoms with E-state index < -0.39 is 0 Å². The maximum Gasteiger partial charge on any atom is 0.134 e. The van der Waals surface area contributed by atoms with Gasteiger partial charge in [0.05, 0.1) is 27.4 Å². The summed E-state index contributed by atoms with van der Waals surface area (Å²) in [6.07, 6.45) is 15.2. The fourth-order valence-corrected chi connectivity index (χ4v) is 5.95. The topological polar surface area (TPSA) is 18.5 Å². The van der Waals surface area contributed by atoms with E-state index in [4.69, 9.17) is 22.1 Å². The lowest BCUT2D eigenvalue weighted by atomic mass is 10.1. The van der Waals surface area contributed by atoms with Crippen molar-refractivity contribution in [3.05, 3.63) is 44.3 Å². The molecular weight excluding hydrogens is 572 g/mol. The molecule has 2 aromatic carbocycles. The predicted octanol–water partition coefficient (Wildman–Crippen LogP) is 10.7. The molecule has 34 heavy (non-hydrogen) atoms. The lowest BCUT2D eigenvalue weighted by Crippen LogP contribution is -1.99. The zero-order chi connectivity index (χ0) is 24.3. The highest BCUT2D eigenvalue weighted by atomic mass is 79.9. The summed E-state index contributed by atoms with van der Waals surface area (Å²) in [5.74, 6) is 1.83. The predicted molar refractivity (Wildman–Crippen MR) is 156 cm³/mol. The van der Waals surface area contributed by atoms with Crippen LogP contribution in [0.3, 0.4) is 0 Å². The minimum Gasteiger partial charge on any atom is -0.492 e. The third-order valence-electron chi connectivity index (χ3n) is 6.60. The molecule has 0 saturated carbocycles. The van der Waals surface area contributed by atoms with Crippen molar-refractivity contribution in [2.24, 2.45) is 0 Å². The lowest BCUT2D eigenvalue weighted by Gasteiger charge is -2.12. The van der Waals surface area contributed by atoms with E-state index in [1.165, 1.54) is 86.5 Å². The van der Waals surface area contributed by atoms with Crippen LogP contribution < -0.4 is 9.47 Å². The molecule has 0 saturated heterocycles. The van der Waals surface area contributed by atoms with Gasteiger partial charge < -0.3 is 9.47 Å². The average molecular weight is 613 g/mol. The van der Waals surface area contributed by atoms with Crippen molar-refractivity contribution in [2.75, 3.05) is 13.2 Å². The standard InChI is InChI=1S/C29H40Br2O2S/c1-3-5-7-9-11-13-15-32-27-19-21-22-20-28(33-16-14-12-10-8-6-4-2)26(31)18-24(22)29(34)23(21)17-25(27)30/h17-20,29,34H,3-16H2,1-2H3. The SMILES string of the molecule is CCCCCCCCOc1cc2c(cc1Br)C(S)c1cc(Br)c(OCCCCCCCC)cc1-2. The smallest absolute Gasteiger partial charge is 0.134 e. The normalized spacial score (nSPS) is 12.6. The average Bonchev–Trinajstić information content (AvgIpc) is 3.08. The quantitative estimate of drug-likeness (QED) is 0.150. The van der Waals surface area contributed by atoms with E-state index in [0.717, 1.165) is 46.5 Å². The summed E-state index contributed by atoms with van der Waals surface area (Å²) >= 11 is 12.4. The largest absolute Gasteiger partial charge is 0.492 e.